The number of nitrogens with zero attached hydrogens (tertiary/aromatic N) is 3. The first-order valence-electron chi connectivity index (χ1n) is 7.41. The monoisotopic (exact) mass is 332 g/mol. The van der Waals surface area contributed by atoms with E-state index in [2.05, 4.69) is 32.8 Å². The Morgan fingerprint density at radius 3 is 2.74 bits per heavy atom. The van der Waals surface area contributed by atoms with Gasteiger partial charge in [-0.1, -0.05) is 6.92 Å². The number of aromatic nitrogens is 3. The molecule has 120 valence electrons. The Labute approximate surface area is 137 Å². The van der Waals surface area contributed by atoms with Crippen LogP contribution in [0.15, 0.2) is 34.1 Å². The molecule has 0 saturated carbocycles. The van der Waals surface area contributed by atoms with E-state index in [-0.39, 0.29) is 11.9 Å². The number of nitrogens with one attached hydrogen (secondary N) is 1. The summed E-state index contributed by atoms with van der Waals surface area (Å²) in [5, 5.41) is 14.5. The molecule has 5 nitrogen and oxygen atoms in total. The summed E-state index contributed by atoms with van der Waals surface area (Å²) in [7, 11) is 0. The highest BCUT2D eigenvalue weighted by atomic mass is 32.1. The van der Waals surface area contributed by atoms with E-state index in [1.807, 2.05) is 6.92 Å². The standard InChI is InChI=1S/C16H17FN4OS/c1-3-15-19-13(9-23-15)10(2)18-8-14-20-21-16(22-14)11-4-6-12(17)7-5-11/h4-7,9-10,18H,3,8H2,1-2H3. The molecule has 0 aliphatic rings. The second-order valence-corrected chi connectivity index (χ2v) is 6.07. The van der Waals surface area contributed by atoms with Gasteiger partial charge in [0.2, 0.25) is 11.8 Å². The maximum Gasteiger partial charge on any atom is 0.247 e. The number of hydrogen-bond acceptors (Lipinski definition) is 6. The Bertz CT molecular complexity index is 768. The van der Waals surface area contributed by atoms with E-state index in [0.717, 1.165) is 17.1 Å². The lowest BCUT2D eigenvalue weighted by Crippen LogP contribution is -2.18. The van der Waals surface area contributed by atoms with Crippen molar-refractivity contribution in [1.29, 1.82) is 0 Å². The van der Waals surface area contributed by atoms with E-state index in [1.54, 1.807) is 23.5 Å². The zero-order chi connectivity index (χ0) is 16.2. The van der Waals surface area contributed by atoms with Gasteiger partial charge in [0, 0.05) is 17.0 Å². The van der Waals surface area contributed by atoms with Crippen LogP contribution in [-0.2, 0) is 13.0 Å². The van der Waals surface area contributed by atoms with Gasteiger partial charge in [0.05, 0.1) is 17.2 Å². The number of aryl methyl sites for hydroxylation is 1. The molecule has 3 rings (SSSR count). The molecule has 0 spiro atoms. The first kappa shape index (κ1) is 15.8. The van der Waals surface area contributed by atoms with Crippen molar-refractivity contribution < 1.29 is 8.81 Å². The minimum Gasteiger partial charge on any atom is -0.419 e. The van der Waals surface area contributed by atoms with Gasteiger partial charge in [-0.15, -0.1) is 21.5 Å². The third kappa shape index (κ3) is 3.80. The van der Waals surface area contributed by atoms with Crippen molar-refractivity contribution in [2.75, 3.05) is 0 Å². The molecule has 3 aromatic rings. The van der Waals surface area contributed by atoms with Gasteiger partial charge < -0.3 is 9.73 Å². The van der Waals surface area contributed by atoms with Crippen LogP contribution in [0.1, 0.15) is 36.5 Å². The molecule has 0 aliphatic carbocycles. The average molecular weight is 332 g/mol. The molecule has 1 unspecified atom stereocenters. The summed E-state index contributed by atoms with van der Waals surface area (Å²) >= 11 is 1.67. The average Bonchev–Trinajstić information content (AvgIpc) is 3.22. The summed E-state index contributed by atoms with van der Waals surface area (Å²) in [6.07, 6.45) is 0.947. The molecule has 1 N–H and O–H groups in total. The third-order valence-electron chi connectivity index (χ3n) is 3.43. The van der Waals surface area contributed by atoms with Crippen molar-refractivity contribution in [2.24, 2.45) is 0 Å². The molecule has 0 fully saturated rings. The number of benzene rings is 1. The highest BCUT2D eigenvalue weighted by Gasteiger charge is 2.12. The molecule has 0 saturated heterocycles. The molecule has 0 bridgehead atoms. The second kappa shape index (κ2) is 6.97. The van der Waals surface area contributed by atoms with Crippen LogP contribution in [0.2, 0.25) is 0 Å². The van der Waals surface area contributed by atoms with Crippen molar-refractivity contribution in [2.45, 2.75) is 32.9 Å². The van der Waals surface area contributed by atoms with Crippen LogP contribution in [0.5, 0.6) is 0 Å². The van der Waals surface area contributed by atoms with Gasteiger partial charge in [0.25, 0.3) is 0 Å². The molecule has 0 aliphatic heterocycles. The molecule has 1 aromatic carbocycles. The molecule has 2 heterocycles. The highest BCUT2D eigenvalue weighted by molar-refractivity contribution is 7.09. The van der Waals surface area contributed by atoms with E-state index in [9.17, 15) is 4.39 Å². The minimum atomic E-state index is -0.293. The van der Waals surface area contributed by atoms with Gasteiger partial charge in [-0.25, -0.2) is 9.37 Å². The highest BCUT2D eigenvalue weighted by Crippen LogP contribution is 2.20. The fraction of sp³-hybridized carbons (Fsp3) is 0.312. The summed E-state index contributed by atoms with van der Waals surface area (Å²) in [6, 6.07) is 6.07. The molecular formula is C16H17FN4OS. The van der Waals surface area contributed by atoms with Crippen molar-refractivity contribution in [1.82, 2.24) is 20.5 Å². The lowest BCUT2D eigenvalue weighted by molar-refractivity contribution is 0.451. The fourth-order valence-electron chi connectivity index (χ4n) is 2.07. The number of hydrogen-bond donors (Lipinski definition) is 1. The largest absolute Gasteiger partial charge is 0.419 e. The predicted octanol–water partition coefficient (Wildman–Crippen LogP) is 3.75. The van der Waals surface area contributed by atoms with Crippen LogP contribution in [0, 0.1) is 5.82 Å². The number of halogens is 1. The quantitative estimate of drug-likeness (QED) is 0.745. The van der Waals surface area contributed by atoms with Crippen molar-refractivity contribution in [3.63, 3.8) is 0 Å². The fourth-order valence-corrected chi connectivity index (χ4v) is 2.90. The number of thiazole rings is 1. The van der Waals surface area contributed by atoms with Crippen LogP contribution < -0.4 is 5.32 Å². The summed E-state index contributed by atoms with van der Waals surface area (Å²) in [5.74, 6) is 0.581. The maximum absolute atomic E-state index is 12.9. The van der Waals surface area contributed by atoms with Gasteiger partial charge in [-0.3, -0.25) is 0 Å². The summed E-state index contributed by atoms with van der Waals surface area (Å²) in [5.41, 5.74) is 1.72. The Morgan fingerprint density at radius 2 is 2.04 bits per heavy atom. The molecular weight excluding hydrogens is 315 g/mol. The van der Waals surface area contributed by atoms with Gasteiger partial charge in [-0.05, 0) is 37.6 Å². The van der Waals surface area contributed by atoms with E-state index < -0.39 is 0 Å². The molecule has 7 heteroatoms. The van der Waals surface area contributed by atoms with Crippen molar-refractivity contribution >= 4 is 11.3 Å². The SMILES string of the molecule is CCc1nc(C(C)NCc2nnc(-c3ccc(F)cc3)o2)cs1. The van der Waals surface area contributed by atoms with E-state index in [0.29, 0.717) is 23.9 Å². The van der Waals surface area contributed by atoms with Gasteiger partial charge in [0.15, 0.2) is 0 Å². The van der Waals surface area contributed by atoms with Gasteiger partial charge in [-0.2, -0.15) is 0 Å². The van der Waals surface area contributed by atoms with Gasteiger partial charge in [0.1, 0.15) is 5.82 Å². The van der Waals surface area contributed by atoms with E-state index in [1.165, 1.54) is 12.1 Å². The topological polar surface area (TPSA) is 63.8 Å². The summed E-state index contributed by atoms with van der Waals surface area (Å²) in [6.45, 7) is 4.59. The van der Waals surface area contributed by atoms with E-state index in [4.69, 9.17) is 4.42 Å². The predicted molar refractivity (Wildman–Crippen MR) is 86.4 cm³/mol. The van der Waals surface area contributed by atoms with Crippen LogP contribution in [0.4, 0.5) is 4.39 Å². The molecule has 1 atom stereocenters. The first-order valence-corrected chi connectivity index (χ1v) is 8.29. The summed E-state index contributed by atoms with van der Waals surface area (Å²) in [4.78, 5) is 4.56. The lowest BCUT2D eigenvalue weighted by atomic mass is 10.2. The zero-order valence-corrected chi connectivity index (χ0v) is 13.7. The lowest BCUT2D eigenvalue weighted by Gasteiger charge is -2.08. The second-order valence-electron chi connectivity index (χ2n) is 5.13. The van der Waals surface area contributed by atoms with Crippen LogP contribution in [0.25, 0.3) is 11.5 Å². The first-order chi connectivity index (χ1) is 11.2. The summed E-state index contributed by atoms with van der Waals surface area (Å²) < 4.78 is 18.5. The van der Waals surface area contributed by atoms with Crippen LogP contribution in [-0.4, -0.2) is 15.2 Å². The maximum atomic E-state index is 12.9. The smallest absolute Gasteiger partial charge is 0.247 e. The van der Waals surface area contributed by atoms with Crippen molar-refractivity contribution in [3.05, 3.63) is 52.1 Å². The Balaban J connectivity index is 1.61. The molecule has 0 radical (unpaired) electrons. The van der Waals surface area contributed by atoms with Gasteiger partial charge >= 0.3 is 0 Å². The molecule has 0 amide bonds. The van der Waals surface area contributed by atoms with Crippen molar-refractivity contribution in [3.8, 4) is 11.5 Å². The van der Waals surface area contributed by atoms with Crippen LogP contribution >= 0.6 is 11.3 Å². The minimum absolute atomic E-state index is 0.104. The molecule has 2 aromatic heterocycles. The Morgan fingerprint density at radius 1 is 1.26 bits per heavy atom. The van der Waals surface area contributed by atoms with E-state index >= 15 is 0 Å². The third-order valence-corrected chi connectivity index (χ3v) is 4.44. The van der Waals surface area contributed by atoms with Crippen LogP contribution in [0.3, 0.4) is 0 Å². The zero-order valence-electron chi connectivity index (χ0n) is 12.9. The Hall–Kier alpha value is -2.12. The number of rotatable bonds is 6. The Kier molecular flexibility index (Phi) is 4.78. The normalized spacial score (nSPS) is 12.5. The molecule has 23 heavy (non-hydrogen) atoms.